The van der Waals surface area contributed by atoms with E-state index in [1.165, 1.54) is 7.11 Å². The minimum atomic E-state index is -1.24. The second-order valence-electron chi connectivity index (χ2n) is 6.44. The average molecular weight is 333 g/mol. The van der Waals surface area contributed by atoms with Gasteiger partial charge in [-0.05, 0) is 36.1 Å². The van der Waals surface area contributed by atoms with E-state index in [1.807, 2.05) is 37.3 Å². The van der Waals surface area contributed by atoms with Crippen molar-refractivity contribution in [2.75, 3.05) is 7.11 Å². The summed E-state index contributed by atoms with van der Waals surface area (Å²) in [6.45, 7) is 1.99. The number of fused-ring (bicyclic) bond motifs is 3. The van der Waals surface area contributed by atoms with Crippen LogP contribution in [0.1, 0.15) is 27.0 Å². The molecule has 124 valence electrons. The molecule has 2 N–H and O–H groups in total. The Balaban J connectivity index is 1.89. The maximum absolute atomic E-state index is 12.7. The first-order valence-corrected chi connectivity index (χ1v) is 8.01. The molecule has 5 nitrogen and oxygen atoms in total. The number of nitrogens with one attached hydrogen (secondary N) is 1. The highest BCUT2D eigenvalue weighted by molar-refractivity contribution is 6.06. The minimum absolute atomic E-state index is 0.0890. The van der Waals surface area contributed by atoms with Crippen molar-refractivity contribution in [3.63, 3.8) is 0 Å². The van der Waals surface area contributed by atoms with Gasteiger partial charge in [0.2, 0.25) is 5.72 Å². The summed E-state index contributed by atoms with van der Waals surface area (Å²) in [7, 11) is 1.53. The zero-order valence-corrected chi connectivity index (χ0v) is 13.7. The lowest BCUT2D eigenvalue weighted by Crippen LogP contribution is -2.43. The average Bonchev–Trinajstić information content (AvgIpc) is 3.07. The van der Waals surface area contributed by atoms with Crippen molar-refractivity contribution in [2.24, 2.45) is 0 Å². The molecule has 0 unspecified atom stereocenters. The SMILES string of the molecule is COc1cccc2c1C(=O)N[C@]21Oc2cc(C)cc3ccc(O)c1c23. The van der Waals surface area contributed by atoms with Crippen LogP contribution in [0.3, 0.4) is 0 Å². The summed E-state index contributed by atoms with van der Waals surface area (Å²) in [4.78, 5) is 12.7. The number of ether oxygens (including phenoxy) is 2. The molecule has 0 saturated heterocycles. The van der Waals surface area contributed by atoms with Crippen molar-refractivity contribution in [3.8, 4) is 17.2 Å². The number of aryl methyl sites for hydroxylation is 1. The van der Waals surface area contributed by atoms with Gasteiger partial charge >= 0.3 is 0 Å². The van der Waals surface area contributed by atoms with Gasteiger partial charge in [-0.2, -0.15) is 0 Å². The first-order valence-electron chi connectivity index (χ1n) is 8.01. The Morgan fingerprint density at radius 3 is 2.84 bits per heavy atom. The van der Waals surface area contributed by atoms with Crippen LogP contribution in [0, 0.1) is 6.92 Å². The van der Waals surface area contributed by atoms with E-state index in [9.17, 15) is 9.90 Å². The molecule has 0 radical (unpaired) electrons. The molecule has 0 fully saturated rings. The molecule has 0 aromatic heterocycles. The quantitative estimate of drug-likeness (QED) is 0.718. The van der Waals surface area contributed by atoms with Gasteiger partial charge in [-0.25, -0.2) is 0 Å². The summed E-state index contributed by atoms with van der Waals surface area (Å²) in [5.41, 5.74) is 1.46. The number of carbonyl (C=O) groups is 1. The smallest absolute Gasteiger partial charge is 0.259 e. The molecule has 2 heterocycles. The van der Waals surface area contributed by atoms with Crippen LogP contribution < -0.4 is 14.8 Å². The van der Waals surface area contributed by atoms with E-state index >= 15 is 0 Å². The van der Waals surface area contributed by atoms with Crippen molar-refractivity contribution < 1.29 is 19.4 Å². The first kappa shape index (κ1) is 14.2. The molecule has 1 spiro atoms. The van der Waals surface area contributed by atoms with Crippen molar-refractivity contribution in [1.29, 1.82) is 0 Å². The molecule has 5 heteroatoms. The Hall–Kier alpha value is -3.21. The highest BCUT2D eigenvalue weighted by Gasteiger charge is 2.54. The lowest BCUT2D eigenvalue weighted by molar-refractivity contribution is 0.0703. The van der Waals surface area contributed by atoms with Crippen LogP contribution in [0.15, 0.2) is 42.5 Å². The van der Waals surface area contributed by atoms with Crippen LogP contribution in [-0.4, -0.2) is 18.1 Å². The number of amides is 1. The van der Waals surface area contributed by atoms with Crippen LogP contribution in [0.25, 0.3) is 10.8 Å². The zero-order valence-electron chi connectivity index (χ0n) is 13.7. The molecule has 3 aromatic rings. The van der Waals surface area contributed by atoms with Gasteiger partial charge < -0.3 is 19.9 Å². The topological polar surface area (TPSA) is 67.8 Å². The summed E-state index contributed by atoms with van der Waals surface area (Å²) < 4.78 is 11.6. The van der Waals surface area contributed by atoms with Gasteiger partial charge in [-0.1, -0.05) is 24.3 Å². The number of phenolic OH excluding ortho intramolecular Hbond substituents is 1. The van der Waals surface area contributed by atoms with Gasteiger partial charge in [-0.15, -0.1) is 0 Å². The van der Waals surface area contributed by atoms with Crippen LogP contribution in [-0.2, 0) is 5.72 Å². The zero-order chi connectivity index (χ0) is 17.3. The van der Waals surface area contributed by atoms with Gasteiger partial charge in [0.05, 0.1) is 18.2 Å². The number of hydrogen-bond donors (Lipinski definition) is 2. The summed E-state index contributed by atoms with van der Waals surface area (Å²) in [6, 6.07) is 12.8. The van der Waals surface area contributed by atoms with E-state index in [0.29, 0.717) is 28.2 Å². The molecule has 3 aromatic carbocycles. The second-order valence-corrected chi connectivity index (χ2v) is 6.44. The highest BCUT2D eigenvalue weighted by Crippen LogP contribution is 2.54. The molecule has 2 aliphatic rings. The number of methoxy groups -OCH3 is 1. The lowest BCUT2D eigenvalue weighted by Gasteiger charge is -2.26. The van der Waals surface area contributed by atoms with E-state index in [4.69, 9.17) is 9.47 Å². The van der Waals surface area contributed by atoms with Gasteiger partial charge in [-0.3, -0.25) is 4.79 Å². The summed E-state index contributed by atoms with van der Waals surface area (Å²) in [5, 5.41) is 15.3. The van der Waals surface area contributed by atoms with Crippen molar-refractivity contribution in [3.05, 3.63) is 64.7 Å². The minimum Gasteiger partial charge on any atom is -0.507 e. The van der Waals surface area contributed by atoms with E-state index in [0.717, 1.165) is 16.3 Å². The Labute approximate surface area is 143 Å². The Bertz CT molecular complexity index is 1090. The molecule has 1 amide bonds. The fraction of sp³-hybridized carbons (Fsp3) is 0.150. The molecule has 0 bridgehead atoms. The maximum Gasteiger partial charge on any atom is 0.259 e. The van der Waals surface area contributed by atoms with Gasteiger partial charge in [0.1, 0.15) is 17.2 Å². The van der Waals surface area contributed by atoms with Crippen LogP contribution >= 0.6 is 0 Å². The first-order chi connectivity index (χ1) is 12.0. The van der Waals surface area contributed by atoms with E-state index < -0.39 is 5.72 Å². The molecular formula is C20H15NO4. The Morgan fingerprint density at radius 1 is 1.20 bits per heavy atom. The summed E-state index contributed by atoms with van der Waals surface area (Å²) in [5.74, 6) is 0.936. The van der Waals surface area contributed by atoms with Crippen LogP contribution in [0.5, 0.6) is 17.2 Å². The number of aromatic hydroxyl groups is 1. The van der Waals surface area contributed by atoms with Gasteiger partial charge in [0.25, 0.3) is 5.91 Å². The molecule has 5 rings (SSSR count). The molecule has 25 heavy (non-hydrogen) atoms. The number of benzene rings is 3. The highest BCUT2D eigenvalue weighted by atomic mass is 16.5. The van der Waals surface area contributed by atoms with Gasteiger partial charge in [0, 0.05) is 10.9 Å². The Kier molecular flexibility index (Phi) is 2.52. The number of rotatable bonds is 1. The van der Waals surface area contributed by atoms with E-state index in [1.54, 1.807) is 12.1 Å². The fourth-order valence-corrected chi connectivity index (χ4v) is 4.01. The third kappa shape index (κ3) is 1.60. The van der Waals surface area contributed by atoms with Crippen LogP contribution in [0.2, 0.25) is 0 Å². The van der Waals surface area contributed by atoms with Crippen molar-refractivity contribution in [1.82, 2.24) is 5.32 Å². The molecule has 2 aliphatic heterocycles. The molecule has 1 atom stereocenters. The molecule has 0 aliphatic carbocycles. The summed E-state index contributed by atoms with van der Waals surface area (Å²) in [6.07, 6.45) is 0. The summed E-state index contributed by atoms with van der Waals surface area (Å²) >= 11 is 0. The third-order valence-corrected chi connectivity index (χ3v) is 4.96. The van der Waals surface area contributed by atoms with E-state index in [-0.39, 0.29) is 11.7 Å². The Morgan fingerprint density at radius 2 is 2.04 bits per heavy atom. The normalized spacial score (nSPS) is 19.8. The largest absolute Gasteiger partial charge is 0.507 e. The van der Waals surface area contributed by atoms with Crippen molar-refractivity contribution in [2.45, 2.75) is 12.6 Å². The van der Waals surface area contributed by atoms with Crippen molar-refractivity contribution >= 4 is 16.7 Å². The number of carbonyl (C=O) groups excluding carboxylic acids is 1. The lowest BCUT2D eigenvalue weighted by atomic mass is 9.91. The van der Waals surface area contributed by atoms with Crippen LogP contribution in [0.4, 0.5) is 0 Å². The van der Waals surface area contributed by atoms with E-state index in [2.05, 4.69) is 5.32 Å². The predicted octanol–water partition coefficient (Wildman–Crippen LogP) is 3.20. The molecule has 0 saturated carbocycles. The predicted molar refractivity (Wildman–Crippen MR) is 92.2 cm³/mol. The number of phenols is 1. The molecular weight excluding hydrogens is 318 g/mol. The standard InChI is InChI=1S/C20H15NO4/c1-10-8-11-6-7-13(22)18-16(11)15(9-10)25-20(18)12-4-3-5-14(24-2)17(12)19(23)21-20/h3-9,22H,1-2H3,(H,21,23)/t20-/m0/s1. The number of hydrogen-bond acceptors (Lipinski definition) is 4. The second kappa shape index (κ2) is 4.45. The fourth-order valence-electron chi connectivity index (χ4n) is 4.01. The third-order valence-electron chi connectivity index (χ3n) is 4.96. The van der Waals surface area contributed by atoms with Gasteiger partial charge in [0.15, 0.2) is 0 Å². The monoisotopic (exact) mass is 333 g/mol. The maximum atomic E-state index is 12.7.